The van der Waals surface area contributed by atoms with Gasteiger partial charge in [0.25, 0.3) is 0 Å². The number of hydrogen-bond acceptors (Lipinski definition) is 5. The van der Waals surface area contributed by atoms with Crippen LogP contribution in [0.25, 0.3) is 0 Å². The van der Waals surface area contributed by atoms with Crippen molar-refractivity contribution in [3.8, 4) is 0 Å². The zero-order chi connectivity index (χ0) is 20.1. The molecule has 152 valence electrons. The number of hydrogen-bond donors (Lipinski definition) is 2. The molecule has 0 saturated heterocycles. The number of nitrogens with zero attached hydrogens (tertiary/aromatic N) is 3. The Hall–Kier alpha value is -2.16. The van der Waals surface area contributed by atoms with Crippen molar-refractivity contribution < 1.29 is 13.6 Å². The first kappa shape index (κ1) is 20.6. The molecule has 28 heavy (non-hydrogen) atoms. The topological polar surface area (TPSA) is 85.8 Å². The van der Waals surface area contributed by atoms with Crippen LogP contribution in [-0.2, 0) is 11.2 Å². The summed E-state index contributed by atoms with van der Waals surface area (Å²) < 4.78 is 27.7. The highest BCUT2D eigenvalue weighted by Gasteiger charge is 2.21. The van der Waals surface area contributed by atoms with E-state index in [2.05, 4.69) is 15.5 Å². The van der Waals surface area contributed by atoms with E-state index in [0.717, 1.165) is 30.9 Å². The lowest BCUT2D eigenvalue weighted by Gasteiger charge is -2.20. The van der Waals surface area contributed by atoms with E-state index in [-0.39, 0.29) is 11.6 Å². The molecule has 1 saturated carbocycles. The van der Waals surface area contributed by atoms with Crippen molar-refractivity contribution in [2.75, 3.05) is 11.2 Å². The van der Waals surface area contributed by atoms with Crippen LogP contribution in [0.1, 0.15) is 51.3 Å². The SMILES string of the molecule is C[C@H](Sc1nnc(CCC2CCCCC2)n1N)C(=O)Nc1ccc(F)c(F)c1. The molecule has 0 spiro atoms. The van der Waals surface area contributed by atoms with Gasteiger partial charge in [-0.25, -0.2) is 13.5 Å². The minimum absolute atomic E-state index is 0.193. The molecule has 1 heterocycles. The normalized spacial score (nSPS) is 16.1. The number of rotatable bonds is 7. The Kier molecular flexibility index (Phi) is 6.88. The van der Waals surface area contributed by atoms with Gasteiger partial charge in [-0.05, 0) is 31.4 Å². The lowest BCUT2D eigenvalue weighted by atomic mass is 9.86. The number of anilines is 1. The summed E-state index contributed by atoms with van der Waals surface area (Å²) in [5.74, 6) is 5.21. The smallest absolute Gasteiger partial charge is 0.237 e. The van der Waals surface area contributed by atoms with Crippen molar-refractivity contribution in [1.82, 2.24) is 14.9 Å². The van der Waals surface area contributed by atoms with Gasteiger partial charge in [0, 0.05) is 18.2 Å². The van der Waals surface area contributed by atoms with Crippen LogP contribution >= 0.6 is 11.8 Å². The van der Waals surface area contributed by atoms with Crippen LogP contribution in [0.3, 0.4) is 0 Å². The van der Waals surface area contributed by atoms with E-state index < -0.39 is 16.9 Å². The van der Waals surface area contributed by atoms with Crippen LogP contribution in [-0.4, -0.2) is 26.0 Å². The summed E-state index contributed by atoms with van der Waals surface area (Å²) >= 11 is 1.17. The summed E-state index contributed by atoms with van der Waals surface area (Å²) in [7, 11) is 0. The molecule has 0 radical (unpaired) electrons. The average molecular weight is 410 g/mol. The molecule has 1 aliphatic rings. The Labute approximate surface area is 167 Å². The Morgan fingerprint density at radius 3 is 2.75 bits per heavy atom. The molecule has 0 unspecified atom stereocenters. The van der Waals surface area contributed by atoms with Crippen molar-refractivity contribution in [3.63, 3.8) is 0 Å². The van der Waals surface area contributed by atoms with Crippen LogP contribution < -0.4 is 11.2 Å². The van der Waals surface area contributed by atoms with Crippen LogP contribution in [0.2, 0.25) is 0 Å². The molecule has 1 atom stereocenters. The second-order valence-corrected chi connectivity index (χ2v) is 8.50. The maximum absolute atomic E-state index is 13.3. The van der Waals surface area contributed by atoms with E-state index in [1.807, 2.05) is 0 Å². The first-order valence-electron chi connectivity index (χ1n) is 9.56. The minimum Gasteiger partial charge on any atom is -0.336 e. The predicted molar refractivity (Wildman–Crippen MR) is 105 cm³/mol. The first-order valence-corrected chi connectivity index (χ1v) is 10.4. The molecule has 1 aromatic heterocycles. The summed E-state index contributed by atoms with van der Waals surface area (Å²) in [6.45, 7) is 1.69. The number of amides is 1. The molecule has 9 heteroatoms. The molecule has 1 aliphatic carbocycles. The van der Waals surface area contributed by atoms with E-state index in [1.165, 1.54) is 54.6 Å². The van der Waals surface area contributed by atoms with Gasteiger partial charge in [0.15, 0.2) is 17.5 Å². The number of benzene rings is 1. The lowest BCUT2D eigenvalue weighted by Crippen LogP contribution is -2.24. The number of nitrogen functional groups attached to an aromatic ring is 1. The number of aromatic nitrogens is 3. The van der Waals surface area contributed by atoms with Gasteiger partial charge >= 0.3 is 0 Å². The Bertz CT molecular complexity index is 823. The van der Waals surface area contributed by atoms with E-state index in [1.54, 1.807) is 6.92 Å². The van der Waals surface area contributed by atoms with E-state index in [9.17, 15) is 13.6 Å². The number of thioether (sulfide) groups is 1. The van der Waals surface area contributed by atoms with Gasteiger partial charge in [-0.15, -0.1) is 10.2 Å². The maximum atomic E-state index is 13.3. The molecular formula is C19H25F2N5OS. The third kappa shape index (κ3) is 5.21. The van der Waals surface area contributed by atoms with Crippen molar-refractivity contribution in [1.29, 1.82) is 0 Å². The van der Waals surface area contributed by atoms with Crippen molar-refractivity contribution >= 4 is 23.4 Å². The molecule has 3 rings (SSSR count). The number of carbonyl (C=O) groups is 1. The fraction of sp³-hybridized carbons (Fsp3) is 0.526. The molecule has 2 aromatic rings. The number of carbonyl (C=O) groups excluding carboxylic acids is 1. The fourth-order valence-corrected chi connectivity index (χ4v) is 4.19. The molecule has 0 bridgehead atoms. The van der Waals surface area contributed by atoms with E-state index >= 15 is 0 Å². The van der Waals surface area contributed by atoms with Gasteiger partial charge in [0.05, 0.1) is 5.25 Å². The summed E-state index contributed by atoms with van der Waals surface area (Å²) in [4.78, 5) is 12.3. The Morgan fingerprint density at radius 1 is 1.29 bits per heavy atom. The van der Waals surface area contributed by atoms with E-state index in [4.69, 9.17) is 5.84 Å². The van der Waals surface area contributed by atoms with Gasteiger partial charge in [0.2, 0.25) is 11.1 Å². The standard InChI is InChI=1S/C19H25F2N5OS/c1-12(18(27)23-14-8-9-15(20)16(21)11-14)28-19-25-24-17(26(19)22)10-7-13-5-3-2-4-6-13/h8-9,11-13H,2-7,10,22H2,1H3,(H,23,27)/t12-/m0/s1. The molecule has 1 amide bonds. The van der Waals surface area contributed by atoms with Gasteiger partial charge in [-0.2, -0.15) is 0 Å². The molecule has 3 N–H and O–H groups in total. The van der Waals surface area contributed by atoms with Crippen LogP contribution in [0.5, 0.6) is 0 Å². The second kappa shape index (κ2) is 9.36. The quantitative estimate of drug-likeness (QED) is 0.535. The van der Waals surface area contributed by atoms with Gasteiger partial charge in [-0.1, -0.05) is 43.9 Å². The highest BCUT2D eigenvalue weighted by molar-refractivity contribution is 8.00. The predicted octanol–water partition coefficient (Wildman–Crippen LogP) is 3.90. The molecule has 0 aliphatic heterocycles. The highest BCUT2D eigenvalue weighted by atomic mass is 32.2. The number of nitrogens with two attached hydrogens (primary N) is 1. The summed E-state index contributed by atoms with van der Waals surface area (Å²) in [6.07, 6.45) is 8.27. The Morgan fingerprint density at radius 2 is 2.04 bits per heavy atom. The third-order valence-electron chi connectivity index (χ3n) is 5.07. The zero-order valence-corrected chi connectivity index (χ0v) is 16.6. The van der Waals surface area contributed by atoms with Crippen molar-refractivity contribution in [2.24, 2.45) is 5.92 Å². The van der Waals surface area contributed by atoms with Crippen LogP contribution in [0, 0.1) is 17.6 Å². The van der Waals surface area contributed by atoms with Crippen molar-refractivity contribution in [3.05, 3.63) is 35.7 Å². The third-order valence-corrected chi connectivity index (χ3v) is 6.13. The second-order valence-electron chi connectivity index (χ2n) is 7.19. The molecular weight excluding hydrogens is 384 g/mol. The Balaban J connectivity index is 1.54. The van der Waals surface area contributed by atoms with Crippen molar-refractivity contribution in [2.45, 2.75) is 62.3 Å². The highest BCUT2D eigenvalue weighted by Crippen LogP contribution is 2.28. The molecule has 6 nitrogen and oxygen atoms in total. The van der Waals surface area contributed by atoms with Crippen LogP contribution in [0.4, 0.5) is 14.5 Å². The first-order chi connectivity index (χ1) is 13.4. The largest absolute Gasteiger partial charge is 0.336 e. The van der Waals surface area contributed by atoms with Gasteiger partial charge in [0.1, 0.15) is 0 Å². The summed E-state index contributed by atoms with van der Waals surface area (Å²) in [5, 5.41) is 10.7. The molecule has 1 fully saturated rings. The van der Waals surface area contributed by atoms with E-state index in [0.29, 0.717) is 11.0 Å². The van der Waals surface area contributed by atoms with Crippen LogP contribution in [0.15, 0.2) is 23.4 Å². The zero-order valence-electron chi connectivity index (χ0n) is 15.8. The number of halogens is 2. The summed E-state index contributed by atoms with van der Waals surface area (Å²) in [5.41, 5.74) is 0.193. The minimum atomic E-state index is -1.01. The fourth-order valence-electron chi connectivity index (χ4n) is 3.40. The molecule has 1 aromatic carbocycles. The maximum Gasteiger partial charge on any atom is 0.237 e. The monoisotopic (exact) mass is 409 g/mol. The van der Waals surface area contributed by atoms with Gasteiger partial charge in [-0.3, -0.25) is 4.79 Å². The lowest BCUT2D eigenvalue weighted by molar-refractivity contribution is -0.115. The summed E-state index contributed by atoms with van der Waals surface area (Å²) in [6, 6.07) is 3.22. The van der Waals surface area contributed by atoms with Gasteiger partial charge < -0.3 is 11.2 Å². The number of aryl methyl sites for hydroxylation is 1. The number of nitrogens with one attached hydrogen (secondary N) is 1. The average Bonchev–Trinajstić information content (AvgIpc) is 3.03.